The molecule has 2 aromatic carbocycles. The van der Waals surface area contributed by atoms with Gasteiger partial charge in [-0.05, 0) is 49.4 Å². The van der Waals surface area contributed by atoms with E-state index in [1.807, 2.05) is 6.07 Å². The second kappa shape index (κ2) is 9.61. The minimum absolute atomic E-state index is 0.0424. The van der Waals surface area contributed by atoms with Crippen molar-refractivity contribution in [2.45, 2.75) is 19.1 Å². The number of rotatable bonds is 6. The van der Waals surface area contributed by atoms with Crippen molar-refractivity contribution in [3.8, 4) is 6.07 Å². The molecule has 2 atom stereocenters. The number of halogens is 4. The van der Waals surface area contributed by atoms with Crippen LogP contribution in [-0.2, 0) is 15.8 Å². The van der Waals surface area contributed by atoms with Gasteiger partial charge in [0.25, 0.3) is 11.8 Å². The molecule has 0 aliphatic rings. The van der Waals surface area contributed by atoms with Crippen LogP contribution in [0.5, 0.6) is 0 Å². The summed E-state index contributed by atoms with van der Waals surface area (Å²) >= 11 is 5.56. The zero-order valence-corrected chi connectivity index (χ0v) is 16.9. The Balaban J connectivity index is 1.96. The molecule has 0 heterocycles. The molecule has 2 rings (SSSR count). The molecule has 3 N–H and O–H groups in total. The second-order valence-corrected chi connectivity index (χ2v) is 7.07. The Morgan fingerprint density at radius 1 is 1.13 bits per heavy atom. The Morgan fingerprint density at radius 3 is 2.30 bits per heavy atom. The number of anilines is 2. The molecule has 0 aliphatic carbocycles. The number of amides is 2. The molecule has 2 amide bonds. The molecular weight excluding hydrogens is 421 g/mol. The molecule has 30 heavy (non-hydrogen) atoms. The average Bonchev–Trinajstić information content (AvgIpc) is 2.68. The van der Waals surface area contributed by atoms with Gasteiger partial charge in [0.15, 0.2) is 12.6 Å². The van der Waals surface area contributed by atoms with Crippen LogP contribution in [0.4, 0.5) is 24.5 Å². The Kier molecular flexibility index (Phi) is 7.43. The van der Waals surface area contributed by atoms with Gasteiger partial charge in [0.05, 0.1) is 29.3 Å². The molecule has 0 fully saturated rings. The monoisotopic (exact) mass is 439 g/mol. The zero-order chi connectivity index (χ0) is 22.5. The SMILES string of the molecule is C[C@@H](C(=O)Nc1ccc(C#N)cc1)[NH+](C)CC(=O)Nc1ccc(Cl)c(C(F)(F)F)c1. The highest BCUT2D eigenvalue weighted by atomic mass is 35.5. The van der Waals surface area contributed by atoms with E-state index in [0.29, 0.717) is 16.2 Å². The van der Waals surface area contributed by atoms with Crippen molar-refractivity contribution in [3.05, 3.63) is 58.6 Å². The number of hydrogen-bond acceptors (Lipinski definition) is 3. The maximum atomic E-state index is 12.9. The Hall–Kier alpha value is -3.09. The first-order chi connectivity index (χ1) is 14.0. The predicted octanol–water partition coefficient (Wildman–Crippen LogP) is 2.71. The molecule has 0 aliphatic heterocycles. The van der Waals surface area contributed by atoms with Crippen molar-refractivity contribution in [3.63, 3.8) is 0 Å². The standard InChI is InChI=1S/C20H18ClF3N4O2/c1-12(19(30)27-14-5-3-13(10-25)4-6-14)28(2)11-18(29)26-15-7-8-17(21)16(9-15)20(22,23)24/h3-9,12H,11H2,1-2H3,(H,26,29)(H,27,30)/p+1/t12-/m0/s1. The highest BCUT2D eigenvalue weighted by Crippen LogP contribution is 2.36. The van der Waals surface area contributed by atoms with Crippen LogP contribution in [0.25, 0.3) is 0 Å². The number of nitrogens with zero attached hydrogens (tertiary/aromatic N) is 1. The number of benzene rings is 2. The number of quaternary nitrogens is 1. The third kappa shape index (κ3) is 6.20. The summed E-state index contributed by atoms with van der Waals surface area (Å²) in [6, 6.07) is 10.7. The molecule has 10 heteroatoms. The summed E-state index contributed by atoms with van der Waals surface area (Å²) < 4.78 is 38.8. The van der Waals surface area contributed by atoms with Gasteiger partial charge in [-0.3, -0.25) is 9.59 Å². The summed E-state index contributed by atoms with van der Waals surface area (Å²) in [4.78, 5) is 25.1. The number of carbonyl (C=O) groups excluding carboxylic acids is 2. The zero-order valence-electron chi connectivity index (χ0n) is 16.1. The number of hydrogen-bond donors (Lipinski definition) is 3. The number of nitriles is 1. The fraction of sp³-hybridized carbons (Fsp3) is 0.250. The van der Waals surface area contributed by atoms with Crippen LogP contribution >= 0.6 is 11.6 Å². The fourth-order valence-electron chi connectivity index (χ4n) is 2.53. The minimum atomic E-state index is -4.64. The lowest BCUT2D eigenvalue weighted by Gasteiger charge is -2.21. The van der Waals surface area contributed by atoms with Gasteiger partial charge in [-0.15, -0.1) is 0 Å². The molecular formula is C20H19ClF3N4O2+. The van der Waals surface area contributed by atoms with E-state index in [0.717, 1.165) is 12.1 Å². The minimum Gasteiger partial charge on any atom is -0.321 e. The Labute approximate surface area is 176 Å². The first-order valence-electron chi connectivity index (χ1n) is 8.81. The van der Waals surface area contributed by atoms with Crippen LogP contribution in [0.3, 0.4) is 0 Å². The Bertz CT molecular complexity index is 971. The summed E-state index contributed by atoms with van der Waals surface area (Å²) in [5, 5.41) is 13.4. The molecule has 0 spiro atoms. The van der Waals surface area contributed by atoms with Gasteiger partial charge >= 0.3 is 6.18 Å². The fourth-order valence-corrected chi connectivity index (χ4v) is 2.76. The van der Waals surface area contributed by atoms with Crippen LogP contribution in [0.15, 0.2) is 42.5 Å². The van der Waals surface area contributed by atoms with Crippen LogP contribution in [0.2, 0.25) is 5.02 Å². The van der Waals surface area contributed by atoms with E-state index >= 15 is 0 Å². The van der Waals surface area contributed by atoms with Gasteiger partial charge in [0, 0.05) is 11.4 Å². The second-order valence-electron chi connectivity index (χ2n) is 6.66. The smallest absolute Gasteiger partial charge is 0.321 e. The van der Waals surface area contributed by atoms with Gasteiger partial charge in [-0.25, -0.2) is 0 Å². The average molecular weight is 440 g/mol. The third-order valence-electron chi connectivity index (χ3n) is 4.41. The van der Waals surface area contributed by atoms with Gasteiger partial charge in [0.1, 0.15) is 0 Å². The normalized spacial score (nSPS) is 13.1. The highest BCUT2D eigenvalue weighted by Gasteiger charge is 2.33. The van der Waals surface area contributed by atoms with Crippen LogP contribution in [0, 0.1) is 11.3 Å². The highest BCUT2D eigenvalue weighted by molar-refractivity contribution is 6.31. The molecule has 0 saturated carbocycles. The van der Waals surface area contributed by atoms with E-state index in [4.69, 9.17) is 16.9 Å². The maximum Gasteiger partial charge on any atom is 0.417 e. The van der Waals surface area contributed by atoms with Crippen LogP contribution in [-0.4, -0.2) is 31.4 Å². The van der Waals surface area contributed by atoms with Gasteiger partial charge in [0.2, 0.25) is 0 Å². The first kappa shape index (κ1) is 23.2. The lowest BCUT2D eigenvalue weighted by molar-refractivity contribution is -0.885. The van der Waals surface area contributed by atoms with Crippen molar-refractivity contribution < 1.29 is 27.7 Å². The molecule has 1 unspecified atom stereocenters. The molecule has 0 aromatic heterocycles. The molecule has 6 nitrogen and oxygen atoms in total. The molecule has 0 saturated heterocycles. The topological polar surface area (TPSA) is 86.4 Å². The summed E-state index contributed by atoms with van der Waals surface area (Å²) in [6.07, 6.45) is -4.64. The molecule has 0 bridgehead atoms. The van der Waals surface area contributed by atoms with Crippen LogP contribution in [0.1, 0.15) is 18.1 Å². The number of carbonyl (C=O) groups is 2. The quantitative estimate of drug-likeness (QED) is 0.647. The number of nitrogens with one attached hydrogen (secondary N) is 3. The summed E-state index contributed by atoms with van der Waals surface area (Å²) in [6.45, 7) is 1.47. The van der Waals surface area contributed by atoms with E-state index in [1.54, 1.807) is 38.2 Å². The molecule has 0 radical (unpaired) electrons. The molecule has 158 valence electrons. The van der Waals surface area contributed by atoms with Crippen molar-refractivity contribution in [2.24, 2.45) is 0 Å². The van der Waals surface area contributed by atoms with Gasteiger partial charge in [-0.1, -0.05) is 11.6 Å². The van der Waals surface area contributed by atoms with E-state index in [1.165, 1.54) is 6.07 Å². The maximum absolute atomic E-state index is 12.9. The van der Waals surface area contributed by atoms with E-state index in [2.05, 4.69) is 10.6 Å². The van der Waals surface area contributed by atoms with Gasteiger partial charge < -0.3 is 15.5 Å². The van der Waals surface area contributed by atoms with Crippen molar-refractivity contribution >= 4 is 34.8 Å². The van der Waals surface area contributed by atoms with E-state index < -0.39 is 28.7 Å². The van der Waals surface area contributed by atoms with Crippen molar-refractivity contribution in [1.29, 1.82) is 5.26 Å². The van der Waals surface area contributed by atoms with Crippen molar-refractivity contribution in [2.75, 3.05) is 24.2 Å². The summed E-state index contributed by atoms with van der Waals surface area (Å²) in [7, 11) is 1.62. The van der Waals surface area contributed by atoms with E-state index in [-0.39, 0.29) is 18.1 Å². The summed E-state index contributed by atoms with van der Waals surface area (Å²) in [5.41, 5.74) is -0.127. The first-order valence-corrected chi connectivity index (χ1v) is 9.19. The Morgan fingerprint density at radius 2 is 1.73 bits per heavy atom. The van der Waals surface area contributed by atoms with Gasteiger partial charge in [-0.2, -0.15) is 18.4 Å². The molecule has 2 aromatic rings. The van der Waals surface area contributed by atoms with E-state index in [9.17, 15) is 22.8 Å². The lowest BCUT2D eigenvalue weighted by Crippen LogP contribution is -3.14. The summed E-state index contributed by atoms with van der Waals surface area (Å²) in [5.74, 6) is -0.906. The lowest BCUT2D eigenvalue weighted by atomic mass is 10.2. The number of alkyl halides is 3. The third-order valence-corrected chi connectivity index (χ3v) is 4.74. The van der Waals surface area contributed by atoms with Crippen molar-refractivity contribution in [1.82, 2.24) is 0 Å². The predicted molar refractivity (Wildman–Crippen MR) is 106 cm³/mol. The number of likely N-dealkylation sites (N-methyl/N-ethyl adjacent to an activating group) is 1. The van der Waals surface area contributed by atoms with Crippen LogP contribution < -0.4 is 15.5 Å². The largest absolute Gasteiger partial charge is 0.417 e.